The number of rotatable bonds is 5. The first-order chi connectivity index (χ1) is 13.5. The number of benzene rings is 1. The van der Waals surface area contributed by atoms with E-state index in [1.165, 1.54) is 10.4 Å². The summed E-state index contributed by atoms with van der Waals surface area (Å²) < 4.78 is 27.5. The summed E-state index contributed by atoms with van der Waals surface area (Å²) in [7, 11) is -3.65. The Hall–Kier alpha value is -2.46. The van der Waals surface area contributed by atoms with E-state index < -0.39 is 40.0 Å². The predicted octanol–water partition coefficient (Wildman–Crippen LogP) is 1.44. The maximum atomic E-state index is 13.0. The molecule has 29 heavy (non-hydrogen) atoms. The van der Waals surface area contributed by atoms with Crippen molar-refractivity contribution in [3.05, 3.63) is 23.8 Å². The Labute approximate surface area is 170 Å². The third kappa shape index (κ3) is 4.27. The molecule has 0 aromatic heterocycles. The summed E-state index contributed by atoms with van der Waals surface area (Å²) >= 11 is 0. The van der Waals surface area contributed by atoms with E-state index in [9.17, 15) is 22.8 Å². The number of aryl methyl sites for hydroxylation is 1. The molecule has 2 saturated heterocycles. The number of carbonyl (C=O) groups excluding carboxylic acids is 3. The molecule has 2 heterocycles. The average Bonchev–Trinajstić information content (AvgIpc) is 2.85. The molecular formula is C19H26N4O5S. The van der Waals surface area contributed by atoms with E-state index in [2.05, 4.69) is 10.6 Å². The maximum Gasteiger partial charge on any atom is 0.325 e. The zero-order valence-electron chi connectivity index (χ0n) is 16.8. The van der Waals surface area contributed by atoms with Gasteiger partial charge in [-0.2, -0.15) is 4.31 Å². The third-order valence-electron chi connectivity index (χ3n) is 5.15. The van der Waals surface area contributed by atoms with E-state index in [0.29, 0.717) is 24.3 Å². The molecule has 2 fully saturated rings. The van der Waals surface area contributed by atoms with Gasteiger partial charge in [-0.1, -0.05) is 12.5 Å². The van der Waals surface area contributed by atoms with E-state index in [0.717, 1.165) is 24.2 Å². The van der Waals surface area contributed by atoms with Crippen LogP contribution in [0.4, 0.5) is 10.5 Å². The standard InChI is InChI=1S/C19H26N4O5S/c1-13-7-8-14(11-15(13)29(27,28)22-9-5-4-6-10-22)20-16(24)12-23-17(25)19(2,3)21-18(23)26/h7-8,11H,4-6,9-10,12H2,1-3H3,(H,20,24)(H,21,26). The fraction of sp³-hybridized carbons (Fsp3) is 0.526. The number of hydrogen-bond donors (Lipinski definition) is 2. The van der Waals surface area contributed by atoms with Gasteiger partial charge in [-0.25, -0.2) is 13.2 Å². The number of urea groups is 1. The van der Waals surface area contributed by atoms with E-state index in [1.807, 2.05) is 0 Å². The van der Waals surface area contributed by atoms with Crippen molar-refractivity contribution in [1.82, 2.24) is 14.5 Å². The lowest BCUT2D eigenvalue weighted by Crippen LogP contribution is -2.41. The number of amides is 4. The minimum Gasteiger partial charge on any atom is -0.324 e. The van der Waals surface area contributed by atoms with Crippen LogP contribution in [0.2, 0.25) is 0 Å². The Kier molecular flexibility index (Phi) is 5.68. The smallest absolute Gasteiger partial charge is 0.324 e. The van der Waals surface area contributed by atoms with Gasteiger partial charge in [-0.05, 0) is 51.3 Å². The molecule has 158 valence electrons. The number of anilines is 1. The van der Waals surface area contributed by atoms with Gasteiger partial charge in [-0.3, -0.25) is 14.5 Å². The fourth-order valence-corrected chi connectivity index (χ4v) is 5.27. The Morgan fingerprint density at radius 1 is 1.17 bits per heavy atom. The molecule has 0 unspecified atom stereocenters. The van der Waals surface area contributed by atoms with Gasteiger partial charge in [0.25, 0.3) is 5.91 Å². The van der Waals surface area contributed by atoms with E-state index in [-0.39, 0.29) is 4.90 Å². The first kappa shape index (κ1) is 21.3. The molecule has 2 N–H and O–H groups in total. The highest BCUT2D eigenvalue weighted by Gasteiger charge is 2.44. The third-order valence-corrected chi connectivity index (χ3v) is 7.19. The van der Waals surface area contributed by atoms with Crippen LogP contribution in [-0.4, -0.2) is 60.6 Å². The molecule has 2 aliphatic rings. The number of carbonyl (C=O) groups is 3. The van der Waals surface area contributed by atoms with Crippen LogP contribution in [-0.2, 0) is 19.6 Å². The Bertz CT molecular complexity index is 951. The van der Waals surface area contributed by atoms with Gasteiger partial charge < -0.3 is 10.6 Å². The molecule has 1 aromatic carbocycles. The first-order valence-electron chi connectivity index (χ1n) is 9.57. The quantitative estimate of drug-likeness (QED) is 0.697. The van der Waals surface area contributed by atoms with Crippen molar-refractivity contribution in [3.8, 4) is 0 Å². The molecule has 0 saturated carbocycles. The minimum absolute atomic E-state index is 0.147. The highest BCUT2D eigenvalue weighted by Crippen LogP contribution is 2.26. The molecule has 0 aliphatic carbocycles. The molecule has 0 spiro atoms. The van der Waals surface area contributed by atoms with Crippen molar-refractivity contribution in [1.29, 1.82) is 0 Å². The zero-order chi connectivity index (χ0) is 21.4. The van der Waals surface area contributed by atoms with Crippen molar-refractivity contribution >= 4 is 33.6 Å². The minimum atomic E-state index is -3.65. The monoisotopic (exact) mass is 422 g/mol. The van der Waals surface area contributed by atoms with Gasteiger partial charge in [-0.15, -0.1) is 0 Å². The van der Waals surface area contributed by atoms with Gasteiger partial charge >= 0.3 is 6.03 Å². The summed E-state index contributed by atoms with van der Waals surface area (Å²) in [6.45, 7) is 5.35. The Balaban J connectivity index is 1.75. The van der Waals surface area contributed by atoms with E-state index in [1.54, 1.807) is 32.9 Å². The molecule has 1 aromatic rings. The first-order valence-corrected chi connectivity index (χ1v) is 11.0. The van der Waals surface area contributed by atoms with Crippen LogP contribution in [0.3, 0.4) is 0 Å². The lowest BCUT2D eigenvalue weighted by Gasteiger charge is -2.26. The highest BCUT2D eigenvalue weighted by molar-refractivity contribution is 7.89. The molecule has 0 radical (unpaired) electrons. The predicted molar refractivity (Wildman–Crippen MR) is 107 cm³/mol. The average molecular weight is 423 g/mol. The van der Waals surface area contributed by atoms with Crippen molar-refractivity contribution in [2.75, 3.05) is 25.0 Å². The van der Waals surface area contributed by atoms with Crippen LogP contribution < -0.4 is 10.6 Å². The van der Waals surface area contributed by atoms with Gasteiger partial charge in [0, 0.05) is 18.8 Å². The number of nitrogens with one attached hydrogen (secondary N) is 2. The molecule has 9 nitrogen and oxygen atoms in total. The summed E-state index contributed by atoms with van der Waals surface area (Å²) in [4.78, 5) is 37.5. The van der Waals surface area contributed by atoms with Gasteiger partial charge in [0.1, 0.15) is 12.1 Å². The number of sulfonamides is 1. The van der Waals surface area contributed by atoms with Crippen LogP contribution in [0, 0.1) is 6.92 Å². The number of hydrogen-bond acceptors (Lipinski definition) is 5. The number of imide groups is 1. The maximum absolute atomic E-state index is 13.0. The SMILES string of the molecule is Cc1ccc(NC(=O)CN2C(=O)NC(C)(C)C2=O)cc1S(=O)(=O)N1CCCCC1. The van der Waals surface area contributed by atoms with Crippen LogP contribution in [0.15, 0.2) is 23.1 Å². The number of nitrogens with zero attached hydrogens (tertiary/aromatic N) is 2. The molecular weight excluding hydrogens is 396 g/mol. The van der Waals surface area contributed by atoms with Crippen molar-refractivity contribution < 1.29 is 22.8 Å². The van der Waals surface area contributed by atoms with Gasteiger partial charge in [0.05, 0.1) is 4.90 Å². The molecule has 3 rings (SSSR count). The van der Waals surface area contributed by atoms with Crippen molar-refractivity contribution in [2.24, 2.45) is 0 Å². The highest BCUT2D eigenvalue weighted by atomic mass is 32.2. The Morgan fingerprint density at radius 2 is 1.83 bits per heavy atom. The summed E-state index contributed by atoms with van der Waals surface area (Å²) in [5, 5.41) is 5.09. The van der Waals surface area contributed by atoms with Crippen molar-refractivity contribution in [3.63, 3.8) is 0 Å². The van der Waals surface area contributed by atoms with Crippen molar-refractivity contribution in [2.45, 2.75) is 50.5 Å². The van der Waals surface area contributed by atoms with Crippen LogP contribution in [0.5, 0.6) is 0 Å². The van der Waals surface area contributed by atoms with E-state index in [4.69, 9.17) is 0 Å². The molecule has 2 aliphatic heterocycles. The van der Waals surface area contributed by atoms with Gasteiger partial charge in [0.15, 0.2) is 0 Å². The van der Waals surface area contributed by atoms with Crippen LogP contribution in [0.25, 0.3) is 0 Å². The Morgan fingerprint density at radius 3 is 2.41 bits per heavy atom. The van der Waals surface area contributed by atoms with Gasteiger partial charge in [0.2, 0.25) is 15.9 Å². The summed E-state index contributed by atoms with van der Waals surface area (Å²) in [5.41, 5.74) is -0.177. The van der Waals surface area contributed by atoms with Crippen LogP contribution in [0.1, 0.15) is 38.7 Å². The molecule has 0 atom stereocenters. The van der Waals surface area contributed by atoms with E-state index >= 15 is 0 Å². The molecule has 10 heteroatoms. The normalized spacial score (nSPS) is 19.9. The fourth-order valence-electron chi connectivity index (χ4n) is 3.51. The second kappa shape index (κ2) is 7.75. The summed E-state index contributed by atoms with van der Waals surface area (Å²) in [5.74, 6) is -1.08. The van der Waals surface area contributed by atoms with Crippen LogP contribution >= 0.6 is 0 Å². The topological polar surface area (TPSA) is 116 Å². The molecule has 4 amide bonds. The second-order valence-electron chi connectivity index (χ2n) is 7.94. The second-order valence-corrected chi connectivity index (χ2v) is 9.85. The summed E-state index contributed by atoms with van der Waals surface area (Å²) in [6, 6.07) is 4.02. The number of piperidine rings is 1. The zero-order valence-corrected chi connectivity index (χ0v) is 17.6. The molecule has 0 bridgehead atoms. The lowest BCUT2D eigenvalue weighted by molar-refractivity contribution is -0.132. The largest absolute Gasteiger partial charge is 0.325 e. The summed E-state index contributed by atoms with van der Waals surface area (Å²) in [6.07, 6.45) is 2.68. The lowest BCUT2D eigenvalue weighted by atomic mass is 10.1.